The van der Waals surface area contributed by atoms with Crippen LogP contribution in [0, 0.1) is 0 Å². The number of aromatic nitrogens is 1. The van der Waals surface area contributed by atoms with Crippen molar-refractivity contribution in [2.24, 2.45) is 0 Å². The summed E-state index contributed by atoms with van der Waals surface area (Å²) in [7, 11) is 0. The van der Waals surface area contributed by atoms with Gasteiger partial charge in [0.25, 0.3) is 0 Å². The summed E-state index contributed by atoms with van der Waals surface area (Å²) in [5.74, 6) is 0. The molecule has 0 N–H and O–H groups in total. The molecule has 0 aliphatic carbocycles. The molecule has 0 saturated heterocycles. The van der Waals surface area contributed by atoms with Crippen molar-refractivity contribution in [2.75, 3.05) is 9.80 Å². The van der Waals surface area contributed by atoms with E-state index in [0.717, 1.165) is 56.5 Å². The SMILES string of the molecule is c1ccc(-c2ccc3c4cc(-c5cccc(-c6cccc(N(c7ccccc7)c7ccc(-c8ccc(N(c9ccccc9)c9ccccc9)cc8)cc7)c6)c5)ccc4n(-c4ccccc4)c3c2)cc1. The Morgan fingerprint density at radius 2 is 0.565 bits per heavy atom. The summed E-state index contributed by atoms with van der Waals surface area (Å²) in [5.41, 5.74) is 19.6. The third-order valence-corrected chi connectivity index (χ3v) is 13.1. The maximum Gasteiger partial charge on any atom is 0.0547 e. The molecule has 0 unspecified atom stereocenters. The monoisotopic (exact) mass is 881 g/mol. The summed E-state index contributed by atoms with van der Waals surface area (Å²) >= 11 is 0. The van der Waals surface area contributed by atoms with E-state index in [9.17, 15) is 0 Å². The average Bonchev–Trinajstić information content (AvgIpc) is 3.76. The molecule has 0 aliphatic heterocycles. The first-order valence-corrected chi connectivity index (χ1v) is 23.6. The van der Waals surface area contributed by atoms with Crippen molar-refractivity contribution in [1.82, 2.24) is 4.57 Å². The molecule has 0 saturated carbocycles. The van der Waals surface area contributed by atoms with E-state index in [2.05, 4.69) is 299 Å². The van der Waals surface area contributed by atoms with Crippen LogP contribution >= 0.6 is 0 Å². The molecule has 12 rings (SSSR count). The lowest BCUT2D eigenvalue weighted by Gasteiger charge is -2.26. The van der Waals surface area contributed by atoms with Gasteiger partial charge in [-0.2, -0.15) is 0 Å². The Morgan fingerprint density at radius 1 is 0.203 bits per heavy atom. The fraction of sp³-hybridized carbons (Fsp3) is 0. The van der Waals surface area contributed by atoms with Crippen LogP contribution in [0.25, 0.3) is 72.0 Å². The van der Waals surface area contributed by atoms with Gasteiger partial charge in [0.05, 0.1) is 11.0 Å². The minimum atomic E-state index is 1.09. The van der Waals surface area contributed by atoms with Gasteiger partial charge >= 0.3 is 0 Å². The van der Waals surface area contributed by atoms with Gasteiger partial charge in [0.15, 0.2) is 0 Å². The van der Waals surface area contributed by atoms with Gasteiger partial charge in [-0.15, -0.1) is 0 Å². The van der Waals surface area contributed by atoms with Crippen LogP contribution in [0.15, 0.2) is 285 Å². The highest BCUT2D eigenvalue weighted by molar-refractivity contribution is 6.11. The Labute approximate surface area is 403 Å². The third kappa shape index (κ3) is 8.13. The largest absolute Gasteiger partial charge is 0.311 e. The van der Waals surface area contributed by atoms with Gasteiger partial charge in [-0.3, -0.25) is 0 Å². The van der Waals surface area contributed by atoms with Crippen LogP contribution in [0.2, 0.25) is 0 Å². The van der Waals surface area contributed by atoms with E-state index in [0.29, 0.717) is 0 Å². The Morgan fingerprint density at radius 3 is 1.12 bits per heavy atom. The maximum absolute atomic E-state index is 2.40. The van der Waals surface area contributed by atoms with Crippen LogP contribution in [-0.2, 0) is 0 Å². The predicted octanol–water partition coefficient (Wildman–Crippen LogP) is 18.4. The normalized spacial score (nSPS) is 11.2. The predicted molar refractivity (Wildman–Crippen MR) is 292 cm³/mol. The Bertz CT molecular complexity index is 3640. The number of rotatable bonds is 11. The van der Waals surface area contributed by atoms with Crippen LogP contribution < -0.4 is 9.80 Å². The van der Waals surface area contributed by atoms with Crippen molar-refractivity contribution in [1.29, 1.82) is 0 Å². The van der Waals surface area contributed by atoms with Crippen molar-refractivity contribution in [3.8, 4) is 50.2 Å². The zero-order valence-corrected chi connectivity index (χ0v) is 38.0. The van der Waals surface area contributed by atoms with Gasteiger partial charge in [-0.25, -0.2) is 0 Å². The molecule has 12 aromatic rings. The number of anilines is 6. The number of benzene rings is 11. The lowest BCUT2D eigenvalue weighted by molar-refractivity contribution is 1.18. The highest BCUT2D eigenvalue weighted by Gasteiger charge is 2.18. The van der Waals surface area contributed by atoms with E-state index in [4.69, 9.17) is 0 Å². The molecule has 3 nitrogen and oxygen atoms in total. The minimum Gasteiger partial charge on any atom is -0.311 e. The average molecular weight is 882 g/mol. The van der Waals surface area contributed by atoms with Crippen LogP contribution in [0.4, 0.5) is 34.1 Å². The summed E-state index contributed by atoms with van der Waals surface area (Å²) in [5, 5.41) is 2.47. The van der Waals surface area contributed by atoms with Crippen molar-refractivity contribution < 1.29 is 0 Å². The molecule has 11 aromatic carbocycles. The number of hydrogen-bond acceptors (Lipinski definition) is 2. The zero-order valence-electron chi connectivity index (χ0n) is 38.0. The summed E-state index contributed by atoms with van der Waals surface area (Å²) in [6.45, 7) is 0. The standard InChI is InChI=1S/C66H47N3/c1-6-18-48(19-7-1)55-36-42-63-64-46-54(37-43-65(64)69(66(63)47-55)59-29-14-5-15-30-59)52-21-16-20-51(44-52)53-22-17-31-62(45-53)68(58-27-12-4-13-28-58)61-40-34-50(35-41-61)49-32-38-60(39-33-49)67(56-23-8-2-9-24-56)57-25-10-3-11-26-57/h1-47H. The molecule has 326 valence electrons. The van der Waals surface area contributed by atoms with Gasteiger partial charge in [-0.05, 0) is 154 Å². The minimum absolute atomic E-state index is 1.09. The Balaban J connectivity index is 0.863. The van der Waals surface area contributed by atoms with Crippen LogP contribution in [0.1, 0.15) is 0 Å². The number of fused-ring (bicyclic) bond motifs is 3. The Hall–Kier alpha value is -9.18. The summed E-state index contributed by atoms with van der Waals surface area (Å²) in [4.78, 5) is 4.64. The molecule has 69 heavy (non-hydrogen) atoms. The van der Waals surface area contributed by atoms with Crippen molar-refractivity contribution >= 4 is 55.9 Å². The molecular formula is C66H47N3. The first-order valence-electron chi connectivity index (χ1n) is 23.6. The molecule has 1 aromatic heterocycles. The van der Waals surface area contributed by atoms with E-state index in [1.54, 1.807) is 0 Å². The lowest BCUT2D eigenvalue weighted by atomic mass is 9.97. The highest BCUT2D eigenvalue weighted by atomic mass is 15.1. The number of hydrogen-bond donors (Lipinski definition) is 0. The molecular weight excluding hydrogens is 835 g/mol. The van der Waals surface area contributed by atoms with E-state index in [1.165, 1.54) is 49.6 Å². The second kappa shape index (κ2) is 18.2. The van der Waals surface area contributed by atoms with Crippen molar-refractivity contribution in [3.63, 3.8) is 0 Å². The molecule has 0 bridgehead atoms. The fourth-order valence-electron chi connectivity index (χ4n) is 9.80. The molecule has 3 heteroatoms. The molecule has 0 fully saturated rings. The second-order valence-corrected chi connectivity index (χ2v) is 17.4. The third-order valence-electron chi connectivity index (χ3n) is 13.1. The van der Waals surface area contributed by atoms with Gasteiger partial charge in [0, 0.05) is 50.6 Å². The Kier molecular flexibility index (Phi) is 10.9. The van der Waals surface area contributed by atoms with Crippen LogP contribution in [0.5, 0.6) is 0 Å². The van der Waals surface area contributed by atoms with Gasteiger partial charge in [0.2, 0.25) is 0 Å². The second-order valence-electron chi connectivity index (χ2n) is 17.4. The van der Waals surface area contributed by atoms with Crippen molar-refractivity contribution in [2.45, 2.75) is 0 Å². The molecule has 0 spiro atoms. The number of nitrogens with zero attached hydrogens (tertiary/aromatic N) is 3. The smallest absolute Gasteiger partial charge is 0.0547 e. The van der Waals surface area contributed by atoms with Crippen LogP contribution in [0.3, 0.4) is 0 Å². The molecule has 1 heterocycles. The quantitative estimate of drug-likeness (QED) is 0.128. The van der Waals surface area contributed by atoms with E-state index in [1.807, 2.05) is 0 Å². The van der Waals surface area contributed by atoms with Gasteiger partial charge in [-0.1, -0.05) is 176 Å². The summed E-state index contributed by atoms with van der Waals surface area (Å²) < 4.78 is 2.40. The van der Waals surface area contributed by atoms with E-state index in [-0.39, 0.29) is 0 Å². The highest BCUT2D eigenvalue weighted by Crippen LogP contribution is 2.41. The lowest BCUT2D eigenvalue weighted by Crippen LogP contribution is -2.10. The fourth-order valence-corrected chi connectivity index (χ4v) is 9.80. The zero-order chi connectivity index (χ0) is 45.9. The van der Waals surface area contributed by atoms with Crippen LogP contribution in [-0.4, -0.2) is 4.57 Å². The van der Waals surface area contributed by atoms with Gasteiger partial charge < -0.3 is 14.4 Å². The van der Waals surface area contributed by atoms with Crippen molar-refractivity contribution in [3.05, 3.63) is 285 Å². The topological polar surface area (TPSA) is 11.4 Å². The van der Waals surface area contributed by atoms with Gasteiger partial charge in [0.1, 0.15) is 0 Å². The summed E-state index contributed by atoms with van der Waals surface area (Å²) in [6, 6.07) is 103. The molecule has 0 aliphatic rings. The first-order chi connectivity index (χ1) is 34.2. The molecule has 0 atom stereocenters. The first kappa shape index (κ1) is 41.3. The maximum atomic E-state index is 2.40. The number of para-hydroxylation sites is 4. The van der Waals surface area contributed by atoms with E-state index < -0.39 is 0 Å². The molecule has 0 amide bonds. The van der Waals surface area contributed by atoms with E-state index >= 15 is 0 Å². The molecule has 0 radical (unpaired) electrons. The summed E-state index contributed by atoms with van der Waals surface area (Å²) in [6.07, 6.45) is 0.